The van der Waals surface area contributed by atoms with Gasteiger partial charge in [0.1, 0.15) is 4.88 Å². The van der Waals surface area contributed by atoms with Gasteiger partial charge in [0.15, 0.2) is 17.2 Å². The average molecular weight is 614 g/mol. The van der Waals surface area contributed by atoms with E-state index in [0.717, 1.165) is 15.6 Å². The minimum atomic E-state index is -0.587. The third-order valence-electron chi connectivity index (χ3n) is 5.71. The number of amides is 1. The van der Waals surface area contributed by atoms with Gasteiger partial charge in [-0.3, -0.25) is 9.48 Å². The predicted molar refractivity (Wildman–Crippen MR) is 158 cm³/mol. The number of thiophene rings is 1. The number of carbonyl (C=O) groups excluding carboxylic acids is 2. The van der Waals surface area contributed by atoms with Gasteiger partial charge >= 0.3 is 5.97 Å². The molecule has 12 heteroatoms. The van der Waals surface area contributed by atoms with Crippen LogP contribution in [0.5, 0.6) is 11.5 Å². The van der Waals surface area contributed by atoms with Crippen LogP contribution in [0.1, 0.15) is 31.3 Å². The van der Waals surface area contributed by atoms with Gasteiger partial charge in [0.05, 0.1) is 24.9 Å². The van der Waals surface area contributed by atoms with Gasteiger partial charge in [-0.2, -0.15) is 10.2 Å². The summed E-state index contributed by atoms with van der Waals surface area (Å²) in [5, 5.41) is 10.5. The number of nitrogens with one attached hydrogen (secondary N) is 1. The zero-order chi connectivity index (χ0) is 28.2. The third-order valence-corrected chi connectivity index (χ3v) is 7.95. The standard InChI is InChI=1S/C28H19Cl3N4O4S/c1-38-23-12-16(6-9-22(23)39-28(37)26-25(31)19-4-2-3-5-24(19)40-26)14-32-33-27(36)21-10-11-35(34-21)15-17-7-8-18(29)13-20(17)30/h2-14H,15H2,1H3,(H,33,36). The average Bonchev–Trinajstić information content (AvgIpc) is 3.55. The fraction of sp³-hybridized carbons (Fsp3) is 0.0714. The van der Waals surface area contributed by atoms with Gasteiger partial charge in [0.25, 0.3) is 5.91 Å². The fourth-order valence-corrected chi connectivity index (χ4v) is 5.61. The van der Waals surface area contributed by atoms with E-state index in [9.17, 15) is 9.59 Å². The maximum absolute atomic E-state index is 12.8. The second-order valence-electron chi connectivity index (χ2n) is 8.37. The number of hydrogen-bond donors (Lipinski definition) is 1. The van der Waals surface area contributed by atoms with Crippen molar-refractivity contribution < 1.29 is 19.1 Å². The first kappa shape index (κ1) is 27.7. The molecule has 0 fully saturated rings. The summed E-state index contributed by atoms with van der Waals surface area (Å²) in [7, 11) is 1.45. The van der Waals surface area contributed by atoms with Crippen LogP contribution in [0.3, 0.4) is 0 Å². The maximum atomic E-state index is 12.8. The molecule has 0 atom stereocenters. The Kier molecular flexibility index (Phi) is 8.37. The van der Waals surface area contributed by atoms with Crippen molar-refractivity contribution in [3.63, 3.8) is 0 Å². The minimum absolute atomic E-state index is 0.182. The molecule has 3 aromatic carbocycles. The number of hydrogen-bond acceptors (Lipinski definition) is 7. The quantitative estimate of drug-likeness (QED) is 0.0872. The Hall–Kier alpha value is -3.89. The number of methoxy groups -OCH3 is 1. The summed E-state index contributed by atoms with van der Waals surface area (Å²) >= 11 is 19.8. The first-order chi connectivity index (χ1) is 19.3. The largest absolute Gasteiger partial charge is 0.493 e. The number of aromatic nitrogens is 2. The summed E-state index contributed by atoms with van der Waals surface area (Å²) < 4.78 is 13.4. The van der Waals surface area contributed by atoms with E-state index in [1.54, 1.807) is 53.3 Å². The molecule has 0 aliphatic rings. The Labute approximate surface area is 247 Å². The fourth-order valence-electron chi connectivity index (χ4n) is 3.76. The molecule has 0 unspecified atom stereocenters. The number of nitrogens with zero attached hydrogens (tertiary/aromatic N) is 3. The van der Waals surface area contributed by atoms with E-state index in [0.29, 0.717) is 37.8 Å². The normalized spacial score (nSPS) is 11.2. The van der Waals surface area contributed by atoms with Gasteiger partial charge in [0, 0.05) is 26.3 Å². The molecule has 1 amide bonds. The zero-order valence-electron chi connectivity index (χ0n) is 20.7. The molecule has 202 valence electrons. The lowest BCUT2D eigenvalue weighted by molar-refractivity contribution is 0.0734. The first-order valence-electron chi connectivity index (χ1n) is 11.7. The number of benzene rings is 3. The number of hydrazone groups is 1. The summed E-state index contributed by atoms with van der Waals surface area (Å²) in [6.07, 6.45) is 3.10. The van der Waals surface area contributed by atoms with Crippen LogP contribution < -0.4 is 14.9 Å². The van der Waals surface area contributed by atoms with Crippen LogP contribution in [-0.4, -0.2) is 35.0 Å². The summed E-state index contributed by atoms with van der Waals surface area (Å²) in [4.78, 5) is 25.6. The number of fused-ring (bicyclic) bond motifs is 1. The van der Waals surface area contributed by atoms with Gasteiger partial charge in [-0.15, -0.1) is 11.3 Å². The van der Waals surface area contributed by atoms with Gasteiger partial charge in [-0.1, -0.05) is 59.1 Å². The molecule has 0 aliphatic heterocycles. The topological polar surface area (TPSA) is 94.8 Å². The van der Waals surface area contributed by atoms with Gasteiger partial charge in [-0.05, 0) is 53.6 Å². The summed E-state index contributed by atoms with van der Waals surface area (Å²) in [6.45, 7) is 0.373. The lowest BCUT2D eigenvalue weighted by Gasteiger charge is -2.09. The number of esters is 1. The van der Waals surface area contributed by atoms with Crippen LogP contribution in [-0.2, 0) is 6.54 Å². The Morgan fingerprint density at radius 1 is 1.05 bits per heavy atom. The van der Waals surface area contributed by atoms with E-state index in [-0.39, 0.29) is 11.4 Å². The van der Waals surface area contributed by atoms with Gasteiger partial charge < -0.3 is 9.47 Å². The van der Waals surface area contributed by atoms with Crippen molar-refractivity contribution in [2.45, 2.75) is 6.54 Å². The molecule has 0 aliphatic carbocycles. The number of carbonyl (C=O) groups is 2. The van der Waals surface area contributed by atoms with Crippen molar-refractivity contribution in [1.82, 2.24) is 15.2 Å². The first-order valence-corrected chi connectivity index (χ1v) is 13.7. The maximum Gasteiger partial charge on any atom is 0.355 e. The highest BCUT2D eigenvalue weighted by Crippen LogP contribution is 2.37. The molecule has 0 saturated heterocycles. The molecule has 40 heavy (non-hydrogen) atoms. The molecule has 0 saturated carbocycles. The second-order valence-corrected chi connectivity index (χ2v) is 10.6. The molecule has 5 rings (SSSR count). The van der Waals surface area contributed by atoms with Gasteiger partial charge in [-0.25, -0.2) is 10.2 Å². The van der Waals surface area contributed by atoms with E-state index < -0.39 is 11.9 Å². The Morgan fingerprint density at radius 2 is 1.88 bits per heavy atom. The summed E-state index contributed by atoms with van der Waals surface area (Å²) in [6, 6.07) is 19.1. The molecule has 5 aromatic rings. The summed E-state index contributed by atoms with van der Waals surface area (Å²) in [5.74, 6) is -0.556. The molecule has 1 N–H and O–H groups in total. The van der Waals surface area contributed by atoms with E-state index in [1.165, 1.54) is 24.7 Å². The van der Waals surface area contributed by atoms with Crippen LogP contribution in [0.25, 0.3) is 10.1 Å². The van der Waals surface area contributed by atoms with Crippen LogP contribution >= 0.6 is 46.1 Å². The van der Waals surface area contributed by atoms with Crippen molar-refractivity contribution >= 4 is 74.3 Å². The van der Waals surface area contributed by atoms with E-state index in [4.69, 9.17) is 44.3 Å². The van der Waals surface area contributed by atoms with Crippen LogP contribution in [0.4, 0.5) is 0 Å². The Balaban J connectivity index is 1.22. The molecular formula is C28H19Cl3N4O4S. The SMILES string of the molecule is COc1cc(C=NNC(=O)c2ccn(Cc3ccc(Cl)cc3Cl)n2)ccc1OC(=O)c1sc2ccccc2c1Cl. The Morgan fingerprint density at radius 3 is 2.65 bits per heavy atom. The van der Waals surface area contributed by atoms with Crippen LogP contribution in [0.2, 0.25) is 15.1 Å². The predicted octanol–water partition coefficient (Wildman–Crippen LogP) is 7.10. The molecule has 8 nitrogen and oxygen atoms in total. The highest BCUT2D eigenvalue weighted by molar-refractivity contribution is 7.21. The van der Waals surface area contributed by atoms with Crippen molar-refractivity contribution in [1.29, 1.82) is 0 Å². The van der Waals surface area contributed by atoms with Crippen molar-refractivity contribution in [3.8, 4) is 11.5 Å². The molecule has 2 heterocycles. The molecule has 0 bridgehead atoms. The van der Waals surface area contributed by atoms with Crippen LogP contribution in [0.15, 0.2) is 78.0 Å². The highest BCUT2D eigenvalue weighted by Gasteiger charge is 2.20. The van der Waals surface area contributed by atoms with E-state index in [2.05, 4.69) is 15.6 Å². The number of rotatable bonds is 8. The highest BCUT2D eigenvalue weighted by atomic mass is 35.5. The van der Waals surface area contributed by atoms with Crippen molar-refractivity contribution in [2.24, 2.45) is 5.10 Å². The zero-order valence-corrected chi connectivity index (χ0v) is 23.8. The molecule has 0 spiro atoms. The number of halogens is 3. The smallest absolute Gasteiger partial charge is 0.355 e. The molecule has 2 aromatic heterocycles. The molecular weight excluding hydrogens is 595 g/mol. The number of ether oxygens (including phenoxy) is 2. The van der Waals surface area contributed by atoms with Crippen molar-refractivity contribution in [3.05, 3.63) is 110 Å². The third kappa shape index (κ3) is 6.13. The molecule has 0 radical (unpaired) electrons. The van der Waals surface area contributed by atoms with E-state index >= 15 is 0 Å². The minimum Gasteiger partial charge on any atom is -0.493 e. The lowest BCUT2D eigenvalue weighted by atomic mass is 10.2. The second kappa shape index (κ2) is 12.1. The van der Waals surface area contributed by atoms with Gasteiger partial charge in [0.2, 0.25) is 0 Å². The lowest BCUT2D eigenvalue weighted by Crippen LogP contribution is -2.18. The van der Waals surface area contributed by atoms with E-state index in [1.807, 2.05) is 24.3 Å². The van der Waals surface area contributed by atoms with Crippen LogP contribution in [0, 0.1) is 0 Å². The van der Waals surface area contributed by atoms with Crippen molar-refractivity contribution in [2.75, 3.05) is 7.11 Å². The summed E-state index contributed by atoms with van der Waals surface area (Å²) in [5.41, 5.74) is 4.03. The monoisotopic (exact) mass is 612 g/mol. The Bertz CT molecular complexity index is 1770.